The molecule has 0 radical (unpaired) electrons. The van der Waals surface area contributed by atoms with Crippen molar-refractivity contribution in [3.05, 3.63) is 24.3 Å². The Kier molecular flexibility index (Phi) is 11.7. The van der Waals surface area contributed by atoms with Crippen LogP contribution >= 0.6 is 12.2 Å². The molecule has 1 aromatic rings. The predicted octanol–water partition coefficient (Wildman–Crippen LogP) is 3.83. The van der Waals surface area contributed by atoms with Crippen molar-refractivity contribution < 1.29 is 17.8 Å². The molecule has 9 heteroatoms. The standard InChI is InChI=1S/C19H31N3O4S2/c1-2-3-4-5-6-7-8-9-10-11-18(23)21-22-19(27)20-16-12-14-17(15-13-16)28(24,25)26/h12-15H,2-11H2,1H3,(H,21,23)(H2,20,22,27)(H,24,25,26)/p-1. The number of nitrogens with one attached hydrogen (secondary N) is 3. The average molecular weight is 429 g/mol. The third-order valence-electron chi connectivity index (χ3n) is 4.22. The molecule has 158 valence electrons. The maximum absolute atomic E-state index is 11.8. The van der Waals surface area contributed by atoms with Gasteiger partial charge in [0.1, 0.15) is 10.1 Å². The lowest BCUT2D eigenvalue weighted by molar-refractivity contribution is -0.121. The van der Waals surface area contributed by atoms with Crippen LogP contribution in [-0.2, 0) is 14.9 Å². The lowest BCUT2D eigenvalue weighted by Gasteiger charge is -2.12. The molecule has 0 aliphatic carbocycles. The summed E-state index contributed by atoms with van der Waals surface area (Å²) in [5.74, 6) is -0.139. The van der Waals surface area contributed by atoms with Crippen molar-refractivity contribution in [1.82, 2.24) is 10.9 Å². The zero-order valence-electron chi connectivity index (χ0n) is 16.3. The van der Waals surface area contributed by atoms with Gasteiger partial charge in [0.15, 0.2) is 5.11 Å². The summed E-state index contributed by atoms with van der Waals surface area (Å²) in [7, 11) is -4.47. The van der Waals surface area contributed by atoms with Crippen molar-refractivity contribution >= 4 is 39.0 Å². The third kappa shape index (κ3) is 11.2. The van der Waals surface area contributed by atoms with Crippen LogP contribution in [0, 0.1) is 0 Å². The van der Waals surface area contributed by atoms with E-state index in [2.05, 4.69) is 23.1 Å². The van der Waals surface area contributed by atoms with E-state index in [4.69, 9.17) is 12.2 Å². The predicted molar refractivity (Wildman–Crippen MR) is 114 cm³/mol. The number of anilines is 1. The van der Waals surface area contributed by atoms with Gasteiger partial charge >= 0.3 is 0 Å². The van der Waals surface area contributed by atoms with E-state index in [0.29, 0.717) is 12.1 Å². The molecule has 0 heterocycles. The normalized spacial score (nSPS) is 11.1. The van der Waals surface area contributed by atoms with Gasteiger partial charge in [-0.15, -0.1) is 0 Å². The Morgan fingerprint density at radius 1 is 0.929 bits per heavy atom. The maximum Gasteiger partial charge on any atom is 0.238 e. The second kappa shape index (κ2) is 13.5. The highest BCUT2D eigenvalue weighted by atomic mass is 32.2. The summed E-state index contributed by atoms with van der Waals surface area (Å²) >= 11 is 5.06. The molecule has 28 heavy (non-hydrogen) atoms. The van der Waals surface area contributed by atoms with E-state index >= 15 is 0 Å². The lowest BCUT2D eigenvalue weighted by Crippen LogP contribution is -2.43. The Balaban J connectivity index is 2.12. The van der Waals surface area contributed by atoms with Gasteiger partial charge in [-0.05, 0) is 42.9 Å². The Hall–Kier alpha value is -1.71. The van der Waals surface area contributed by atoms with Crippen molar-refractivity contribution in [3.63, 3.8) is 0 Å². The molecule has 0 spiro atoms. The number of unbranched alkanes of at least 4 members (excludes halogenated alkanes) is 8. The second-order valence-electron chi connectivity index (χ2n) is 6.68. The van der Waals surface area contributed by atoms with Crippen LogP contribution < -0.4 is 16.2 Å². The summed E-state index contributed by atoms with van der Waals surface area (Å²) in [6, 6.07) is 5.22. The summed E-state index contributed by atoms with van der Waals surface area (Å²) in [6.45, 7) is 2.21. The van der Waals surface area contributed by atoms with E-state index in [-0.39, 0.29) is 15.9 Å². The molecule has 1 amide bonds. The molecule has 1 rings (SSSR count). The molecular weight excluding hydrogens is 398 g/mol. The minimum atomic E-state index is -4.47. The lowest BCUT2D eigenvalue weighted by atomic mass is 10.1. The van der Waals surface area contributed by atoms with Crippen LogP contribution in [0.4, 0.5) is 5.69 Å². The van der Waals surface area contributed by atoms with Gasteiger partial charge in [0.05, 0.1) is 4.90 Å². The Morgan fingerprint density at radius 3 is 2.00 bits per heavy atom. The fourth-order valence-electron chi connectivity index (χ4n) is 2.65. The number of carbonyl (C=O) groups excluding carboxylic acids is 1. The molecule has 7 nitrogen and oxygen atoms in total. The molecule has 0 saturated heterocycles. The molecule has 0 saturated carbocycles. The molecule has 0 unspecified atom stereocenters. The van der Waals surface area contributed by atoms with E-state index in [1.807, 2.05) is 0 Å². The van der Waals surface area contributed by atoms with Gasteiger partial charge < -0.3 is 9.87 Å². The van der Waals surface area contributed by atoms with Gasteiger partial charge in [-0.25, -0.2) is 8.42 Å². The molecular formula is C19H30N3O4S2-. The van der Waals surface area contributed by atoms with Crippen LogP contribution in [-0.4, -0.2) is 24.0 Å². The minimum Gasteiger partial charge on any atom is -0.744 e. The fraction of sp³-hybridized carbons (Fsp3) is 0.579. The summed E-state index contributed by atoms with van der Waals surface area (Å²) in [5.41, 5.74) is 5.62. The quantitative estimate of drug-likeness (QED) is 0.201. The van der Waals surface area contributed by atoms with E-state index in [0.717, 1.165) is 19.3 Å². The number of thiocarbonyl (C=S) groups is 1. The molecule has 1 aromatic carbocycles. The summed E-state index contributed by atoms with van der Waals surface area (Å²) in [6.07, 6.45) is 11.2. The molecule has 0 bridgehead atoms. The van der Waals surface area contributed by atoms with Gasteiger partial charge in [-0.1, -0.05) is 58.3 Å². The van der Waals surface area contributed by atoms with Crippen molar-refractivity contribution in [1.29, 1.82) is 0 Å². The summed E-state index contributed by atoms with van der Waals surface area (Å²) < 4.78 is 32.6. The zero-order valence-corrected chi connectivity index (χ0v) is 18.0. The van der Waals surface area contributed by atoms with E-state index in [9.17, 15) is 17.8 Å². The van der Waals surface area contributed by atoms with Gasteiger partial charge in [-0.3, -0.25) is 15.6 Å². The van der Waals surface area contributed by atoms with Crippen LogP contribution in [0.25, 0.3) is 0 Å². The van der Waals surface area contributed by atoms with E-state index < -0.39 is 10.1 Å². The average Bonchev–Trinajstić information content (AvgIpc) is 2.65. The molecule has 0 atom stereocenters. The third-order valence-corrected chi connectivity index (χ3v) is 5.28. The highest BCUT2D eigenvalue weighted by Gasteiger charge is 2.04. The van der Waals surface area contributed by atoms with E-state index in [1.54, 1.807) is 0 Å². The first kappa shape index (κ1) is 24.3. The molecule has 0 aliphatic rings. The highest BCUT2D eigenvalue weighted by molar-refractivity contribution is 7.85. The minimum absolute atomic E-state index is 0.139. The van der Waals surface area contributed by atoms with Gasteiger partial charge in [0.25, 0.3) is 0 Å². The first-order valence-corrected chi connectivity index (χ1v) is 11.6. The number of benzene rings is 1. The number of hydrogen-bond acceptors (Lipinski definition) is 5. The number of hydrogen-bond donors (Lipinski definition) is 3. The highest BCUT2D eigenvalue weighted by Crippen LogP contribution is 2.13. The Morgan fingerprint density at radius 2 is 1.46 bits per heavy atom. The summed E-state index contributed by atoms with van der Waals surface area (Å²) in [4.78, 5) is 11.5. The smallest absolute Gasteiger partial charge is 0.238 e. The first-order chi connectivity index (χ1) is 13.3. The zero-order chi connectivity index (χ0) is 20.8. The number of carbonyl (C=O) groups is 1. The first-order valence-electron chi connectivity index (χ1n) is 9.74. The number of rotatable bonds is 12. The van der Waals surface area contributed by atoms with Crippen LogP contribution in [0.1, 0.15) is 71.1 Å². The Labute approximate surface area is 173 Å². The Bertz CT molecular complexity index is 706. The van der Waals surface area contributed by atoms with Crippen LogP contribution in [0.5, 0.6) is 0 Å². The summed E-state index contributed by atoms with van der Waals surface area (Å²) in [5, 5.41) is 2.95. The molecule has 3 N–H and O–H groups in total. The maximum atomic E-state index is 11.8. The van der Waals surface area contributed by atoms with E-state index in [1.165, 1.54) is 62.8 Å². The van der Waals surface area contributed by atoms with Crippen molar-refractivity contribution in [2.75, 3.05) is 5.32 Å². The van der Waals surface area contributed by atoms with Crippen LogP contribution in [0.3, 0.4) is 0 Å². The molecule has 0 fully saturated rings. The molecule has 0 aliphatic heterocycles. The van der Waals surface area contributed by atoms with Crippen molar-refractivity contribution in [3.8, 4) is 0 Å². The van der Waals surface area contributed by atoms with Crippen molar-refractivity contribution in [2.24, 2.45) is 0 Å². The van der Waals surface area contributed by atoms with Gasteiger partial charge in [0, 0.05) is 12.1 Å². The number of amides is 1. The second-order valence-corrected chi connectivity index (χ2v) is 8.47. The van der Waals surface area contributed by atoms with Crippen LogP contribution in [0.2, 0.25) is 0 Å². The van der Waals surface area contributed by atoms with Crippen molar-refractivity contribution in [2.45, 2.75) is 76.0 Å². The van der Waals surface area contributed by atoms with Crippen LogP contribution in [0.15, 0.2) is 29.2 Å². The molecule has 0 aromatic heterocycles. The topological polar surface area (TPSA) is 110 Å². The number of hydrazine groups is 1. The SMILES string of the molecule is CCCCCCCCCCCC(=O)NNC(=S)Nc1ccc(S(=O)(=O)[O-])cc1. The monoisotopic (exact) mass is 428 g/mol. The largest absolute Gasteiger partial charge is 0.744 e. The fourth-order valence-corrected chi connectivity index (χ4v) is 3.29. The van der Waals surface area contributed by atoms with Gasteiger partial charge in [-0.2, -0.15) is 0 Å². The van der Waals surface area contributed by atoms with Gasteiger partial charge in [0.2, 0.25) is 5.91 Å².